The Labute approximate surface area is 117 Å². The Kier molecular flexibility index (Phi) is 3.07. The van der Waals surface area contributed by atoms with Gasteiger partial charge in [0.1, 0.15) is 0 Å². The second-order valence-electron chi connectivity index (χ2n) is 5.00. The van der Waals surface area contributed by atoms with Crippen LogP contribution in [0.4, 0.5) is 0 Å². The van der Waals surface area contributed by atoms with Crippen LogP contribution in [0.5, 0.6) is 0 Å². The molecular weight excluding hydrogens is 258 g/mol. The predicted molar refractivity (Wildman–Crippen MR) is 78.7 cm³/mol. The van der Waals surface area contributed by atoms with Gasteiger partial charge in [-0.25, -0.2) is 0 Å². The minimum atomic E-state index is 0.393. The Hall–Kier alpha value is -1.74. The monoisotopic (exact) mass is 273 g/mol. The lowest BCUT2D eigenvalue weighted by Gasteiger charge is -2.05. The third-order valence-corrected chi connectivity index (χ3v) is 3.62. The van der Waals surface area contributed by atoms with Gasteiger partial charge in [-0.15, -0.1) is 0 Å². The molecule has 0 aliphatic rings. The molecule has 1 aromatic carbocycles. The molecule has 4 heteroatoms. The molecule has 0 bridgehead atoms. The van der Waals surface area contributed by atoms with Crippen LogP contribution in [0.2, 0.25) is 5.02 Å². The van der Waals surface area contributed by atoms with Crippen LogP contribution in [0.3, 0.4) is 0 Å². The van der Waals surface area contributed by atoms with Crippen LogP contribution in [-0.4, -0.2) is 14.3 Å². The highest BCUT2D eigenvalue weighted by atomic mass is 35.5. The van der Waals surface area contributed by atoms with E-state index in [1.54, 1.807) is 0 Å². The maximum atomic E-state index is 6.19. The van der Waals surface area contributed by atoms with Crippen molar-refractivity contribution in [3.8, 4) is 0 Å². The predicted octanol–water partition coefficient (Wildman–Crippen LogP) is 4.12. The van der Waals surface area contributed by atoms with Gasteiger partial charge >= 0.3 is 0 Å². The highest BCUT2D eigenvalue weighted by Crippen LogP contribution is 2.24. The first-order chi connectivity index (χ1) is 9.15. The Balaban J connectivity index is 1.94. The zero-order valence-electron chi connectivity index (χ0n) is 11.0. The summed E-state index contributed by atoms with van der Waals surface area (Å²) in [7, 11) is 0. The number of hydrogen-bond acceptors (Lipinski definition) is 1. The molecule has 0 saturated carbocycles. The van der Waals surface area contributed by atoms with E-state index in [1.807, 2.05) is 23.0 Å². The van der Waals surface area contributed by atoms with E-state index in [0.29, 0.717) is 6.04 Å². The summed E-state index contributed by atoms with van der Waals surface area (Å²) in [6.07, 6.45) is 4.09. The van der Waals surface area contributed by atoms with Crippen molar-refractivity contribution in [2.24, 2.45) is 0 Å². The number of nitrogens with zero attached hydrogens (tertiary/aromatic N) is 3. The number of halogens is 1. The zero-order valence-corrected chi connectivity index (χ0v) is 11.8. The van der Waals surface area contributed by atoms with Crippen LogP contribution in [-0.2, 0) is 6.54 Å². The van der Waals surface area contributed by atoms with Gasteiger partial charge in [0.25, 0.3) is 0 Å². The molecule has 98 valence electrons. The number of fused-ring (bicyclic) bond motifs is 1. The lowest BCUT2D eigenvalue weighted by molar-refractivity contribution is 0.524. The Morgan fingerprint density at radius 2 is 2.00 bits per heavy atom. The summed E-state index contributed by atoms with van der Waals surface area (Å²) in [6.45, 7) is 5.02. The average Bonchev–Trinajstić information content (AvgIpc) is 2.98. The summed E-state index contributed by atoms with van der Waals surface area (Å²) in [5.41, 5.74) is 2.21. The fourth-order valence-electron chi connectivity index (χ4n) is 2.25. The summed E-state index contributed by atoms with van der Waals surface area (Å²) in [6, 6.07) is 10.5. The molecule has 0 radical (unpaired) electrons. The molecule has 0 unspecified atom stereocenters. The third-order valence-electron chi connectivity index (χ3n) is 3.29. The van der Waals surface area contributed by atoms with Gasteiger partial charge in [-0.3, -0.25) is 4.68 Å². The van der Waals surface area contributed by atoms with Gasteiger partial charge in [0.05, 0.1) is 12.2 Å². The van der Waals surface area contributed by atoms with Gasteiger partial charge in [-0.2, -0.15) is 5.10 Å². The van der Waals surface area contributed by atoms with E-state index in [-0.39, 0.29) is 0 Å². The number of aromatic nitrogens is 3. The smallest absolute Gasteiger partial charge is 0.0821 e. The van der Waals surface area contributed by atoms with E-state index in [9.17, 15) is 0 Å². The highest BCUT2D eigenvalue weighted by molar-refractivity contribution is 6.35. The normalized spacial score (nSPS) is 11.6. The maximum Gasteiger partial charge on any atom is 0.0821 e. The topological polar surface area (TPSA) is 22.8 Å². The molecule has 3 nitrogen and oxygen atoms in total. The van der Waals surface area contributed by atoms with E-state index in [0.717, 1.165) is 28.2 Å². The molecule has 2 aromatic heterocycles. The third kappa shape index (κ3) is 2.26. The molecular formula is C15H16ClN3. The molecule has 0 spiro atoms. The summed E-state index contributed by atoms with van der Waals surface area (Å²) < 4.78 is 4.15. The van der Waals surface area contributed by atoms with Crippen molar-refractivity contribution >= 4 is 22.5 Å². The molecule has 3 rings (SSSR count). The van der Waals surface area contributed by atoms with Crippen LogP contribution >= 0.6 is 11.6 Å². The van der Waals surface area contributed by atoms with Crippen molar-refractivity contribution in [1.29, 1.82) is 0 Å². The standard InChI is InChI=1S/C15H16ClN3/c1-11(2)19-9-6-12(17-19)10-18-8-7-13-14(16)4-3-5-15(13)18/h3-9,11H,10H2,1-2H3. The Bertz CT molecular complexity index is 709. The molecule has 0 amide bonds. The van der Waals surface area contributed by atoms with E-state index in [1.165, 1.54) is 0 Å². The SMILES string of the molecule is CC(C)n1ccc(Cn2ccc3c(Cl)cccc32)n1. The van der Waals surface area contributed by atoms with E-state index in [4.69, 9.17) is 11.6 Å². The first-order valence-corrected chi connectivity index (χ1v) is 6.80. The molecule has 19 heavy (non-hydrogen) atoms. The van der Waals surface area contributed by atoms with Crippen LogP contribution in [0.1, 0.15) is 25.6 Å². The lowest BCUT2D eigenvalue weighted by atomic mass is 10.2. The van der Waals surface area contributed by atoms with Crippen LogP contribution < -0.4 is 0 Å². The van der Waals surface area contributed by atoms with Crippen molar-refractivity contribution in [2.45, 2.75) is 26.4 Å². The summed E-state index contributed by atoms with van der Waals surface area (Å²) in [5, 5.41) is 6.46. The molecule has 2 heterocycles. The molecule has 0 aliphatic carbocycles. The number of hydrogen-bond donors (Lipinski definition) is 0. The lowest BCUT2D eigenvalue weighted by Crippen LogP contribution is -2.04. The van der Waals surface area contributed by atoms with E-state index < -0.39 is 0 Å². The second-order valence-corrected chi connectivity index (χ2v) is 5.40. The van der Waals surface area contributed by atoms with E-state index >= 15 is 0 Å². The molecule has 0 N–H and O–H groups in total. The molecule has 0 saturated heterocycles. The highest BCUT2D eigenvalue weighted by Gasteiger charge is 2.07. The van der Waals surface area contributed by atoms with Gasteiger partial charge in [0, 0.05) is 34.4 Å². The zero-order chi connectivity index (χ0) is 13.4. The average molecular weight is 274 g/mol. The van der Waals surface area contributed by atoms with Gasteiger partial charge in [-0.1, -0.05) is 17.7 Å². The van der Waals surface area contributed by atoms with Crippen molar-refractivity contribution in [3.05, 3.63) is 53.4 Å². The number of benzene rings is 1. The van der Waals surface area contributed by atoms with Crippen molar-refractivity contribution in [2.75, 3.05) is 0 Å². The first kappa shape index (κ1) is 12.3. The minimum absolute atomic E-state index is 0.393. The van der Waals surface area contributed by atoms with E-state index in [2.05, 4.69) is 47.9 Å². The van der Waals surface area contributed by atoms with Gasteiger partial charge in [0.2, 0.25) is 0 Å². The Morgan fingerprint density at radius 1 is 1.16 bits per heavy atom. The van der Waals surface area contributed by atoms with Crippen molar-refractivity contribution in [1.82, 2.24) is 14.3 Å². The number of rotatable bonds is 3. The van der Waals surface area contributed by atoms with Gasteiger partial charge in [-0.05, 0) is 38.1 Å². The fourth-order valence-corrected chi connectivity index (χ4v) is 2.48. The largest absolute Gasteiger partial charge is 0.341 e. The molecule has 0 aliphatic heterocycles. The second kappa shape index (κ2) is 4.74. The molecule has 0 fully saturated rings. The fraction of sp³-hybridized carbons (Fsp3) is 0.267. The molecule has 0 atom stereocenters. The van der Waals surface area contributed by atoms with Crippen LogP contribution in [0, 0.1) is 0 Å². The summed E-state index contributed by atoms with van der Waals surface area (Å²) >= 11 is 6.19. The maximum absolute atomic E-state index is 6.19. The first-order valence-electron chi connectivity index (χ1n) is 6.42. The van der Waals surface area contributed by atoms with Crippen LogP contribution in [0.15, 0.2) is 42.7 Å². The van der Waals surface area contributed by atoms with Gasteiger partial charge in [0.15, 0.2) is 0 Å². The summed E-state index contributed by atoms with van der Waals surface area (Å²) in [5.74, 6) is 0. The quantitative estimate of drug-likeness (QED) is 0.704. The minimum Gasteiger partial charge on any atom is -0.341 e. The van der Waals surface area contributed by atoms with Gasteiger partial charge < -0.3 is 4.57 Å². The van der Waals surface area contributed by atoms with Crippen molar-refractivity contribution < 1.29 is 0 Å². The summed E-state index contributed by atoms with van der Waals surface area (Å²) in [4.78, 5) is 0. The molecule has 3 aromatic rings. The van der Waals surface area contributed by atoms with Crippen LogP contribution in [0.25, 0.3) is 10.9 Å². The Morgan fingerprint density at radius 3 is 2.74 bits per heavy atom. The van der Waals surface area contributed by atoms with Crippen molar-refractivity contribution in [3.63, 3.8) is 0 Å².